The fraction of sp³-hybridized carbons (Fsp3) is 0.571. The van der Waals surface area contributed by atoms with Crippen molar-refractivity contribution in [3.05, 3.63) is 22.4 Å². The Morgan fingerprint density at radius 1 is 1.26 bits per heavy atom. The molecule has 5 heteroatoms. The number of rotatable bonds is 2. The quantitative estimate of drug-likeness (QED) is 0.828. The lowest BCUT2D eigenvalue weighted by atomic mass is 10.0. The summed E-state index contributed by atoms with van der Waals surface area (Å²) in [7, 11) is 0. The van der Waals surface area contributed by atoms with Gasteiger partial charge in [-0.2, -0.15) is 11.3 Å². The maximum atomic E-state index is 12.6. The zero-order chi connectivity index (χ0) is 13.2. The number of carbonyl (C=O) groups is 2. The first kappa shape index (κ1) is 12.7. The van der Waals surface area contributed by atoms with Crippen molar-refractivity contribution in [3.8, 4) is 0 Å². The molecule has 1 aromatic heterocycles. The van der Waals surface area contributed by atoms with Crippen LogP contribution in [0.15, 0.2) is 16.8 Å². The van der Waals surface area contributed by atoms with Crippen molar-refractivity contribution in [2.45, 2.75) is 38.3 Å². The Labute approximate surface area is 117 Å². The van der Waals surface area contributed by atoms with Crippen LogP contribution < -0.4 is 0 Å². The number of amides is 2. The smallest absolute Gasteiger partial charge is 0.245 e. The van der Waals surface area contributed by atoms with Crippen molar-refractivity contribution in [2.24, 2.45) is 0 Å². The molecule has 2 fully saturated rings. The molecule has 0 aromatic carbocycles. The van der Waals surface area contributed by atoms with Crippen molar-refractivity contribution in [2.75, 3.05) is 13.1 Å². The molecule has 1 atom stereocenters. The lowest BCUT2D eigenvalue weighted by molar-refractivity contribution is -0.143. The predicted octanol–water partition coefficient (Wildman–Crippen LogP) is 1.86. The van der Waals surface area contributed by atoms with Crippen LogP contribution in [0.3, 0.4) is 0 Å². The number of nitrogens with zero attached hydrogens (tertiary/aromatic N) is 2. The Balaban J connectivity index is 1.78. The van der Waals surface area contributed by atoms with Crippen LogP contribution in [-0.2, 0) is 16.1 Å². The van der Waals surface area contributed by atoms with Crippen molar-refractivity contribution < 1.29 is 9.59 Å². The molecule has 1 aromatic rings. The second-order valence-electron chi connectivity index (χ2n) is 5.24. The first-order valence-electron chi connectivity index (χ1n) is 6.85. The summed E-state index contributed by atoms with van der Waals surface area (Å²) < 4.78 is 0. The van der Waals surface area contributed by atoms with Crippen molar-refractivity contribution in [1.82, 2.24) is 9.80 Å². The number of thiophene rings is 1. The van der Waals surface area contributed by atoms with Gasteiger partial charge in [-0.15, -0.1) is 0 Å². The number of hydrogen-bond acceptors (Lipinski definition) is 3. The minimum atomic E-state index is -0.206. The topological polar surface area (TPSA) is 40.6 Å². The molecule has 2 aliphatic rings. The standard InChI is InChI=1S/C14H18N2O2S/c17-13-4-7-15(9-11-5-8-19-10-11)14(18)12-3-1-2-6-16(12)13/h5,8,10,12H,1-4,6-7,9H2. The van der Waals surface area contributed by atoms with Gasteiger partial charge in [-0.1, -0.05) is 0 Å². The minimum absolute atomic E-state index is 0.136. The van der Waals surface area contributed by atoms with E-state index in [0.717, 1.165) is 31.4 Å². The Hall–Kier alpha value is -1.36. The van der Waals surface area contributed by atoms with E-state index >= 15 is 0 Å². The first-order chi connectivity index (χ1) is 9.25. The van der Waals surface area contributed by atoms with Crippen LogP contribution in [-0.4, -0.2) is 40.7 Å². The molecule has 0 bridgehead atoms. The third kappa shape index (κ3) is 2.52. The zero-order valence-corrected chi connectivity index (χ0v) is 11.7. The van der Waals surface area contributed by atoms with Gasteiger partial charge in [0.05, 0.1) is 0 Å². The Morgan fingerprint density at radius 3 is 2.95 bits per heavy atom. The highest BCUT2D eigenvalue weighted by atomic mass is 32.1. The van der Waals surface area contributed by atoms with Crippen LogP contribution in [0, 0.1) is 0 Å². The van der Waals surface area contributed by atoms with E-state index in [2.05, 4.69) is 5.38 Å². The van der Waals surface area contributed by atoms with Crippen LogP contribution in [0.2, 0.25) is 0 Å². The van der Waals surface area contributed by atoms with E-state index in [9.17, 15) is 9.59 Å². The summed E-state index contributed by atoms with van der Waals surface area (Å²) in [6.45, 7) is 1.95. The molecule has 4 nitrogen and oxygen atoms in total. The van der Waals surface area contributed by atoms with Crippen molar-refractivity contribution in [3.63, 3.8) is 0 Å². The van der Waals surface area contributed by atoms with Crippen LogP contribution in [0.1, 0.15) is 31.2 Å². The average Bonchev–Trinajstić information content (AvgIpc) is 2.91. The highest BCUT2D eigenvalue weighted by Crippen LogP contribution is 2.24. The van der Waals surface area contributed by atoms with Gasteiger partial charge in [0.15, 0.2) is 0 Å². The van der Waals surface area contributed by atoms with Gasteiger partial charge in [0.2, 0.25) is 11.8 Å². The van der Waals surface area contributed by atoms with Gasteiger partial charge in [-0.25, -0.2) is 0 Å². The maximum Gasteiger partial charge on any atom is 0.245 e. The lowest BCUT2D eigenvalue weighted by Crippen LogP contribution is -2.49. The van der Waals surface area contributed by atoms with E-state index in [1.165, 1.54) is 0 Å². The van der Waals surface area contributed by atoms with Crippen LogP contribution >= 0.6 is 11.3 Å². The molecular formula is C14H18N2O2S. The summed E-state index contributed by atoms with van der Waals surface area (Å²) in [5, 5.41) is 4.09. The largest absolute Gasteiger partial charge is 0.336 e. The van der Waals surface area contributed by atoms with E-state index < -0.39 is 0 Å². The maximum absolute atomic E-state index is 12.6. The molecule has 2 aliphatic heterocycles. The summed E-state index contributed by atoms with van der Waals surface area (Å²) >= 11 is 1.64. The SMILES string of the molecule is O=C1C2CCCCN2C(=O)CCN1Cc1ccsc1. The number of hydrogen-bond donors (Lipinski definition) is 0. The number of piperidine rings is 1. The molecule has 0 N–H and O–H groups in total. The molecule has 3 heterocycles. The highest BCUT2D eigenvalue weighted by Gasteiger charge is 2.37. The lowest BCUT2D eigenvalue weighted by Gasteiger charge is -2.34. The van der Waals surface area contributed by atoms with Gasteiger partial charge < -0.3 is 9.80 Å². The summed E-state index contributed by atoms with van der Waals surface area (Å²) in [5.74, 6) is 0.280. The van der Waals surface area contributed by atoms with Crippen LogP contribution in [0.25, 0.3) is 0 Å². The third-order valence-electron chi connectivity index (χ3n) is 3.97. The second-order valence-corrected chi connectivity index (χ2v) is 6.02. The molecule has 19 heavy (non-hydrogen) atoms. The summed E-state index contributed by atoms with van der Waals surface area (Å²) in [5.41, 5.74) is 1.16. The van der Waals surface area contributed by atoms with Crippen LogP contribution in [0.4, 0.5) is 0 Å². The Morgan fingerprint density at radius 2 is 2.16 bits per heavy atom. The van der Waals surface area contributed by atoms with E-state index in [1.54, 1.807) is 16.2 Å². The molecule has 2 saturated heterocycles. The molecule has 0 radical (unpaired) electrons. The molecule has 3 rings (SSSR count). The van der Waals surface area contributed by atoms with E-state index in [4.69, 9.17) is 0 Å². The molecule has 102 valence electrons. The monoisotopic (exact) mass is 278 g/mol. The van der Waals surface area contributed by atoms with E-state index in [1.807, 2.05) is 16.3 Å². The van der Waals surface area contributed by atoms with Crippen LogP contribution in [0.5, 0.6) is 0 Å². The first-order valence-corrected chi connectivity index (χ1v) is 7.79. The molecule has 1 unspecified atom stereocenters. The number of fused-ring (bicyclic) bond motifs is 1. The zero-order valence-electron chi connectivity index (χ0n) is 10.9. The average molecular weight is 278 g/mol. The van der Waals surface area contributed by atoms with Gasteiger partial charge in [0.25, 0.3) is 0 Å². The van der Waals surface area contributed by atoms with Gasteiger partial charge in [-0.05, 0) is 41.7 Å². The van der Waals surface area contributed by atoms with Gasteiger partial charge in [-0.3, -0.25) is 9.59 Å². The molecule has 0 aliphatic carbocycles. The fourth-order valence-corrected chi connectivity index (χ4v) is 3.60. The third-order valence-corrected chi connectivity index (χ3v) is 4.70. The second kappa shape index (κ2) is 5.33. The molecular weight excluding hydrogens is 260 g/mol. The minimum Gasteiger partial charge on any atom is -0.336 e. The summed E-state index contributed by atoms with van der Waals surface area (Å²) in [6.07, 6.45) is 3.36. The van der Waals surface area contributed by atoms with Crippen molar-refractivity contribution in [1.29, 1.82) is 0 Å². The highest BCUT2D eigenvalue weighted by molar-refractivity contribution is 7.07. The van der Waals surface area contributed by atoms with Gasteiger partial charge >= 0.3 is 0 Å². The van der Waals surface area contributed by atoms with Crippen molar-refractivity contribution >= 4 is 23.2 Å². The van der Waals surface area contributed by atoms with Gasteiger partial charge in [0, 0.05) is 26.1 Å². The normalized spacial score (nSPS) is 24.3. The predicted molar refractivity (Wildman–Crippen MR) is 73.7 cm³/mol. The molecule has 2 amide bonds. The fourth-order valence-electron chi connectivity index (χ4n) is 2.94. The summed E-state index contributed by atoms with van der Waals surface area (Å²) in [4.78, 5) is 28.3. The Bertz CT molecular complexity index is 472. The Kier molecular flexibility index (Phi) is 3.55. The number of carbonyl (C=O) groups excluding carboxylic acids is 2. The van der Waals surface area contributed by atoms with E-state index in [0.29, 0.717) is 19.5 Å². The molecule has 0 spiro atoms. The molecule has 0 saturated carbocycles. The van der Waals surface area contributed by atoms with Gasteiger partial charge in [0.1, 0.15) is 6.04 Å². The summed E-state index contributed by atoms with van der Waals surface area (Å²) in [6, 6.07) is 1.84. The van der Waals surface area contributed by atoms with E-state index in [-0.39, 0.29) is 17.9 Å².